The van der Waals surface area contributed by atoms with Crippen LogP contribution in [0.25, 0.3) is 0 Å². The van der Waals surface area contributed by atoms with Crippen LogP contribution >= 0.6 is 0 Å². The van der Waals surface area contributed by atoms with E-state index in [1.165, 1.54) is 104 Å². The van der Waals surface area contributed by atoms with Crippen molar-refractivity contribution in [1.29, 1.82) is 0 Å². The SMILES string of the molecule is CCC(C)CC1(CN2CCN(CCCN3CCN(C(C)C)CC3)CC2)CC1. The van der Waals surface area contributed by atoms with E-state index < -0.39 is 0 Å². The van der Waals surface area contributed by atoms with Crippen LogP contribution < -0.4 is 0 Å². The lowest BCUT2D eigenvalue weighted by Crippen LogP contribution is -2.50. The summed E-state index contributed by atoms with van der Waals surface area (Å²) in [5.74, 6) is 0.913. The van der Waals surface area contributed by atoms with Gasteiger partial charge in [-0.3, -0.25) is 4.90 Å². The van der Waals surface area contributed by atoms with Crippen LogP contribution in [0.3, 0.4) is 0 Å². The molecule has 4 nitrogen and oxygen atoms in total. The molecule has 0 aromatic rings. The third-order valence-electron chi connectivity index (χ3n) is 7.55. The van der Waals surface area contributed by atoms with E-state index >= 15 is 0 Å². The molecule has 0 N–H and O–H groups in total. The first-order valence-electron chi connectivity index (χ1n) is 11.9. The van der Waals surface area contributed by atoms with E-state index in [4.69, 9.17) is 0 Å². The summed E-state index contributed by atoms with van der Waals surface area (Å²) in [6.07, 6.45) is 7.14. The first kappa shape index (κ1) is 21.5. The van der Waals surface area contributed by atoms with Crippen molar-refractivity contribution in [3.8, 4) is 0 Å². The highest BCUT2D eigenvalue weighted by Crippen LogP contribution is 2.51. The van der Waals surface area contributed by atoms with E-state index in [0.29, 0.717) is 11.5 Å². The number of hydrogen-bond donors (Lipinski definition) is 0. The van der Waals surface area contributed by atoms with Gasteiger partial charge in [0.15, 0.2) is 0 Å². The molecule has 3 rings (SSSR count). The molecule has 2 aliphatic heterocycles. The van der Waals surface area contributed by atoms with Gasteiger partial charge in [-0.15, -0.1) is 0 Å². The van der Waals surface area contributed by atoms with Gasteiger partial charge in [-0.1, -0.05) is 20.3 Å². The largest absolute Gasteiger partial charge is 0.301 e. The van der Waals surface area contributed by atoms with Crippen LogP contribution in [0.1, 0.15) is 59.8 Å². The summed E-state index contributed by atoms with van der Waals surface area (Å²) in [4.78, 5) is 10.8. The van der Waals surface area contributed by atoms with Gasteiger partial charge in [-0.05, 0) is 64.0 Å². The fourth-order valence-electron chi connectivity index (χ4n) is 5.15. The molecule has 3 fully saturated rings. The molecule has 4 heteroatoms. The molecular formula is C23H46N4. The van der Waals surface area contributed by atoms with E-state index in [9.17, 15) is 0 Å². The van der Waals surface area contributed by atoms with Crippen LogP contribution in [0, 0.1) is 11.3 Å². The quantitative estimate of drug-likeness (QED) is 0.578. The van der Waals surface area contributed by atoms with Gasteiger partial charge in [-0.25, -0.2) is 0 Å². The molecule has 1 aliphatic carbocycles. The van der Waals surface area contributed by atoms with Crippen LogP contribution in [0.5, 0.6) is 0 Å². The molecule has 0 amide bonds. The third kappa shape index (κ3) is 6.69. The lowest BCUT2D eigenvalue weighted by atomic mass is 9.91. The minimum absolute atomic E-state index is 0.704. The Kier molecular flexibility index (Phi) is 8.02. The molecule has 27 heavy (non-hydrogen) atoms. The Hall–Kier alpha value is -0.160. The van der Waals surface area contributed by atoms with Crippen molar-refractivity contribution in [3.05, 3.63) is 0 Å². The molecule has 1 atom stereocenters. The van der Waals surface area contributed by atoms with E-state index in [2.05, 4.69) is 47.3 Å². The van der Waals surface area contributed by atoms with E-state index in [1.54, 1.807) is 0 Å². The highest BCUT2D eigenvalue weighted by molar-refractivity contribution is 4.97. The van der Waals surface area contributed by atoms with Gasteiger partial charge < -0.3 is 14.7 Å². The van der Waals surface area contributed by atoms with Crippen molar-refractivity contribution in [3.63, 3.8) is 0 Å². The molecule has 1 saturated carbocycles. The third-order valence-corrected chi connectivity index (χ3v) is 7.55. The predicted molar refractivity (Wildman–Crippen MR) is 116 cm³/mol. The van der Waals surface area contributed by atoms with Crippen LogP contribution in [-0.4, -0.2) is 97.6 Å². The lowest BCUT2D eigenvalue weighted by molar-refractivity contribution is 0.0902. The predicted octanol–water partition coefficient (Wildman–Crippen LogP) is 3.24. The fraction of sp³-hybridized carbons (Fsp3) is 1.00. The van der Waals surface area contributed by atoms with Crippen molar-refractivity contribution < 1.29 is 0 Å². The van der Waals surface area contributed by atoms with Crippen LogP contribution in [0.4, 0.5) is 0 Å². The molecule has 158 valence electrons. The zero-order valence-corrected chi connectivity index (χ0v) is 18.8. The highest BCUT2D eigenvalue weighted by atomic mass is 15.3. The summed E-state index contributed by atoms with van der Waals surface area (Å²) in [5, 5.41) is 0. The zero-order valence-electron chi connectivity index (χ0n) is 18.8. The van der Waals surface area contributed by atoms with Gasteiger partial charge in [0.05, 0.1) is 0 Å². The zero-order chi connectivity index (χ0) is 19.3. The summed E-state index contributed by atoms with van der Waals surface area (Å²) >= 11 is 0. The van der Waals surface area contributed by atoms with Gasteiger partial charge in [0.1, 0.15) is 0 Å². The Morgan fingerprint density at radius 2 is 1.26 bits per heavy atom. The van der Waals surface area contributed by atoms with E-state index in [0.717, 1.165) is 5.92 Å². The Labute approximate surface area is 169 Å². The van der Waals surface area contributed by atoms with Crippen molar-refractivity contribution in [1.82, 2.24) is 19.6 Å². The second-order valence-electron chi connectivity index (χ2n) is 10.2. The van der Waals surface area contributed by atoms with Crippen LogP contribution in [0.15, 0.2) is 0 Å². The second-order valence-corrected chi connectivity index (χ2v) is 10.2. The summed E-state index contributed by atoms with van der Waals surface area (Å²) in [6.45, 7) is 23.7. The maximum atomic E-state index is 2.77. The molecule has 0 radical (unpaired) electrons. The molecule has 0 aromatic heterocycles. The number of nitrogens with zero attached hydrogens (tertiary/aromatic N) is 4. The van der Waals surface area contributed by atoms with Gasteiger partial charge in [0, 0.05) is 64.9 Å². The molecule has 0 spiro atoms. The van der Waals surface area contributed by atoms with E-state index in [-0.39, 0.29) is 0 Å². The Balaban J connectivity index is 1.26. The first-order valence-corrected chi connectivity index (χ1v) is 11.9. The number of piperazine rings is 2. The van der Waals surface area contributed by atoms with Crippen LogP contribution in [0.2, 0.25) is 0 Å². The monoisotopic (exact) mass is 378 g/mol. The average Bonchev–Trinajstić information content (AvgIpc) is 3.42. The lowest BCUT2D eigenvalue weighted by Gasteiger charge is -2.38. The summed E-state index contributed by atoms with van der Waals surface area (Å²) in [7, 11) is 0. The van der Waals surface area contributed by atoms with Crippen molar-refractivity contribution in [2.75, 3.05) is 72.0 Å². The molecule has 1 unspecified atom stereocenters. The van der Waals surface area contributed by atoms with Gasteiger partial charge in [0.2, 0.25) is 0 Å². The summed E-state index contributed by atoms with van der Waals surface area (Å²) in [5.41, 5.74) is 0.704. The van der Waals surface area contributed by atoms with Gasteiger partial charge in [0.25, 0.3) is 0 Å². The minimum atomic E-state index is 0.704. The van der Waals surface area contributed by atoms with Crippen molar-refractivity contribution >= 4 is 0 Å². The van der Waals surface area contributed by atoms with Crippen molar-refractivity contribution in [2.24, 2.45) is 11.3 Å². The fourth-order valence-corrected chi connectivity index (χ4v) is 5.15. The summed E-state index contributed by atoms with van der Waals surface area (Å²) < 4.78 is 0. The minimum Gasteiger partial charge on any atom is -0.301 e. The smallest absolute Gasteiger partial charge is 0.0113 e. The molecule has 0 aromatic carbocycles. The Morgan fingerprint density at radius 3 is 1.74 bits per heavy atom. The maximum absolute atomic E-state index is 2.77. The molecule has 0 bridgehead atoms. The van der Waals surface area contributed by atoms with Gasteiger partial charge >= 0.3 is 0 Å². The highest BCUT2D eigenvalue weighted by Gasteiger charge is 2.44. The first-order chi connectivity index (χ1) is 13.0. The molecular weight excluding hydrogens is 332 g/mol. The Bertz CT molecular complexity index is 418. The normalized spacial score (nSPS) is 26.6. The molecule has 2 saturated heterocycles. The average molecular weight is 379 g/mol. The number of hydrogen-bond acceptors (Lipinski definition) is 4. The van der Waals surface area contributed by atoms with Gasteiger partial charge in [-0.2, -0.15) is 0 Å². The second kappa shape index (κ2) is 10.0. The summed E-state index contributed by atoms with van der Waals surface area (Å²) in [6, 6.07) is 0.711. The molecule has 2 heterocycles. The molecule has 3 aliphatic rings. The van der Waals surface area contributed by atoms with E-state index in [1.807, 2.05) is 0 Å². The maximum Gasteiger partial charge on any atom is 0.0113 e. The number of rotatable bonds is 10. The Morgan fingerprint density at radius 1 is 0.741 bits per heavy atom. The topological polar surface area (TPSA) is 13.0 Å². The van der Waals surface area contributed by atoms with Crippen molar-refractivity contribution in [2.45, 2.75) is 65.8 Å². The standard InChI is InChI=1S/C23H46N4/c1-5-22(4)19-23(7-8-23)20-26-13-11-24(12-14-26)9-6-10-25-15-17-27(18-16-25)21(2)3/h21-22H,5-20H2,1-4H3. The van der Waals surface area contributed by atoms with Crippen LogP contribution in [-0.2, 0) is 0 Å².